The van der Waals surface area contributed by atoms with Crippen molar-refractivity contribution in [1.29, 1.82) is 0 Å². The van der Waals surface area contributed by atoms with Crippen molar-refractivity contribution in [3.8, 4) is 22.9 Å². The van der Waals surface area contributed by atoms with Gasteiger partial charge in [0.2, 0.25) is 0 Å². The average molecular weight is 445 g/mol. The lowest BCUT2D eigenvalue weighted by Crippen LogP contribution is -2.13. The Kier molecular flexibility index (Phi) is 6.08. The van der Waals surface area contributed by atoms with Crippen LogP contribution in [0.2, 0.25) is 5.02 Å². The number of hydrogen-bond donors (Lipinski definition) is 1. The van der Waals surface area contributed by atoms with Crippen LogP contribution >= 0.6 is 11.6 Å². The molecule has 0 saturated heterocycles. The molecule has 2 heterocycles. The molecule has 1 aliphatic heterocycles. The molecule has 7 nitrogen and oxygen atoms in total. The molecule has 0 radical (unpaired) electrons. The number of halogens is 2. The highest BCUT2D eigenvalue weighted by atomic mass is 35.5. The number of ether oxygens (including phenoxy) is 2. The first-order valence-corrected chi connectivity index (χ1v) is 10.3. The molecule has 9 heteroatoms. The highest BCUT2D eigenvalue weighted by Gasteiger charge is 2.20. The Balaban J connectivity index is 1.63. The molecule has 1 amide bonds. The number of aromatic nitrogens is 3. The molecule has 0 spiro atoms. The minimum atomic E-state index is -0.424. The largest absolute Gasteiger partial charge is 0.493 e. The molecule has 1 aromatic heterocycles. The van der Waals surface area contributed by atoms with E-state index in [4.69, 9.17) is 21.1 Å². The average Bonchev–Trinajstić information content (AvgIpc) is 3.01. The van der Waals surface area contributed by atoms with Crippen LogP contribution < -0.4 is 14.8 Å². The molecule has 0 aliphatic carbocycles. The molecule has 162 valence electrons. The first-order chi connectivity index (χ1) is 15.0. The van der Waals surface area contributed by atoms with Gasteiger partial charge in [0.25, 0.3) is 5.91 Å². The van der Waals surface area contributed by atoms with Crippen LogP contribution in [0.3, 0.4) is 0 Å². The lowest BCUT2D eigenvalue weighted by Gasteiger charge is -2.13. The normalized spacial score (nSPS) is 13.3. The Labute approximate surface area is 184 Å². The second kappa shape index (κ2) is 8.93. The van der Waals surface area contributed by atoms with Crippen LogP contribution in [-0.4, -0.2) is 34.9 Å². The van der Waals surface area contributed by atoms with Crippen LogP contribution in [0.5, 0.6) is 11.5 Å². The van der Waals surface area contributed by atoms with Crippen molar-refractivity contribution in [3.63, 3.8) is 0 Å². The first kappa shape index (κ1) is 21.1. The van der Waals surface area contributed by atoms with Gasteiger partial charge in [0.15, 0.2) is 17.3 Å². The molecule has 4 rings (SSSR count). The molecule has 0 atom stereocenters. The van der Waals surface area contributed by atoms with Crippen LogP contribution in [0, 0.1) is 5.82 Å². The summed E-state index contributed by atoms with van der Waals surface area (Å²) in [6.07, 6.45) is 3.97. The number of anilines is 1. The van der Waals surface area contributed by atoms with Crippen LogP contribution in [0.15, 0.2) is 30.3 Å². The van der Waals surface area contributed by atoms with Crippen LogP contribution in [0.4, 0.5) is 10.1 Å². The van der Waals surface area contributed by atoms with Gasteiger partial charge in [-0.3, -0.25) is 4.79 Å². The Morgan fingerprint density at radius 3 is 2.74 bits per heavy atom. The van der Waals surface area contributed by atoms with Crippen molar-refractivity contribution in [2.24, 2.45) is 0 Å². The summed E-state index contributed by atoms with van der Waals surface area (Å²) in [6.45, 7) is 0.748. The van der Waals surface area contributed by atoms with E-state index in [1.807, 2.05) is 4.57 Å². The number of methoxy groups -OCH3 is 2. The monoisotopic (exact) mass is 444 g/mol. The number of carbonyl (C=O) groups is 1. The molecule has 3 aromatic rings. The third-order valence-electron chi connectivity index (χ3n) is 5.27. The van der Waals surface area contributed by atoms with Gasteiger partial charge in [-0.2, -0.15) is 0 Å². The van der Waals surface area contributed by atoms with Crippen molar-refractivity contribution < 1.29 is 18.7 Å². The summed E-state index contributed by atoms with van der Waals surface area (Å²) in [5.74, 6) is 1.18. The Bertz CT molecular complexity index is 1130. The van der Waals surface area contributed by atoms with Crippen molar-refractivity contribution >= 4 is 23.2 Å². The number of rotatable bonds is 5. The predicted molar refractivity (Wildman–Crippen MR) is 115 cm³/mol. The van der Waals surface area contributed by atoms with Gasteiger partial charge in [0, 0.05) is 24.2 Å². The van der Waals surface area contributed by atoms with E-state index in [1.165, 1.54) is 38.5 Å². The molecule has 2 aromatic carbocycles. The zero-order valence-corrected chi connectivity index (χ0v) is 18.0. The molecular weight excluding hydrogens is 423 g/mol. The van der Waals surface area contributed by atoms with Gasteiger partial charge in [-0.25, -0.2) is 4.39 Å². The number of benzene rings is 2. The lowest BCUT2D eigenvalue weighted by atomic mass is 10.1. The number of amides is 1. The van der Waals surface area contributed by atoms with E-state index in [1.54, 1.807) is 6.07 Å². The van der Waals surface area contributed by atoms with Crippen LogP contribution in [-0.2, 0) is 13.0 Å². The summed E-state index contributed by atoms with van der Waals surface area (Å²) in [5, 5.41) is 11.5. The van der Waals surface area contributed by atoms with Gasteiger partial charge < -0.3 is 19.4 Å². The summed E-state index contributed by atoms with van der Waals surface area (Å²) in [6, 6.07) is 7.39. The van der Waals surface area contributed by atoms with Crippen LogP contribution in [0.1, 0.15) is 35.4 Å². The number of fused-ring (bicyclic) bond motifs is 1. The molecule has 1 aliphatic rings. The zero-order chi connectivity index (χ0) is 22.0. The fourth-order valence-corrected chi connectivity index (χ4v) is 4.00. The fraction of sp³-hybridized carbons (Fsp3) is 0.318. The van der Waals surface area contributed by atoms with Crippen LogP contribution in [0.25, 0.3) is 11.4 Å². The highest BCUT2D eigenvalue weighted by molar-refractivity contribution is 6.32. The van der Waals surface area contributed by atoms with E-state index in [2.05, 4.69) is 15.5 Å². The minimum Gasteiger partial charge on any atom is -0.493 e. The van der Waals surface area contributed by atoms with E-state index in [-0.39, 0.29) is 10.6 Å². The molecular formula is C22H22ClFN4O3. The van der Waals surface area contributed by atoms with Gasteiger partial charge in [0.1, 0.15) is 11.6 Å². The lowest BCUT2D eigenvalue weighted by molar-refractivity contribution is 0.102. The van der Waals surface area contributed by atoms with Crippen molar-refractivity contribution in [3.05, 3.63) is 52.6 Å². The molecule has 1 N–H and O–H groups in total. The summed E-state index contributed by atoms with van der Waals surface area (Å²) in [7, 11) is 2.93. The Morgan fingerprint density at radius 1 is 1.13 bits per heavy atom. The smallest absolute Gasteiger partial charge is 0.255 e. The van der Waals surface area contributed by atoms with E-state index in [0.29, 0.717) is 28.6 Å². The molecule has 0 unspecified atom stereocenters. The maximum absolute atomic E-state index is 14.7. The van der Waals surface area contributed by atoms with Crippen molar-refractivity contribution in [2.45, 2.75) is 32.2 Å². The third kappa shape index (κ3) is 4.20. The maximum atomic E-state index is 14.7. The fourth-order valence-electron chi connectivity index (χ4n) is 3.71. The standard InChI is InChI=1S/C22H22ClFN4O3/c1-30-18-11-13(10-16(23)20(18)31-2)22(29)25-14-7-8-17(24)15(12-14)21-27-26-19-6-4-3-5-9-28(19)21/h7-8,10-12H,3-6,9H2,1-2H3,(H,25,29). The summed E-state index contributed by atoms with van der Waals surface area (Å²) in [5.41, 5.74) is 1.01. The van der Waals surface area contributed by atoms with Gasteiger partial charge in [-0.05, 0) is 43.2 Å². The third-order valence-corrected chi connectivity index (χ3v) is 5.55. The highest BCUT2D eigenvalue weighted by Crippen LogP contribution is 2.36. The second-order valence-electron chi connectivity index (χ2n) is 7.24. The zero-order valence-electron chi connectivity index (χ0n) is 17.2. The Morgan fingerprint density at radius 2 is 1.97 bits per heavy atom. The number of hydrogen-bond acceptors (Lipinski definition) is 5. The minimum absolute atomic E-state index is 0.248. The second-order valence-corrected chi connectivity index (χ2v) is 7.65. The number of carbonyl (C=O) groups excluding carboxylic acids is 1. The van der Waals surface area contributed by atoms with E-state index in [9.17, 15) is 9.18 Å². The molecule has 0 bridgehead atoms. The maximum Gasteiger partial charge on any atom is 0.255 e. The molecule has 31 heavy (non-hydrogen) atoms. The topological polar surface area (TPSA) is 78.3 Å². The van der Waals surface area contributed by atoms with Crippen molar-refractivity contribution in [1.82, 2.24) is 14.8 Å². The van der Waals surface area contributed by atoms with E-state index in [0.717, 1.165) is 38.1 Å². The SMILES string of the molecule is COc1cc(C(=O)Nc2ccc(F)c(-c3nnc4n3CCCCC4)c2)cc(Cl)c1OC. The number of nitrogens with zero attached hydrogens (tertiary/aromatic N) is 3. The first-order valence-electron chi connectivity index (χ1n) is 9.96. The van der Waals surface area contributed by atoms with E-state index >= 15 is 0 Å². The van der Waals surface area contributed by atoms with Gasteiger partial charge in [-0.15, -0.1) is 10.2 Å². The van der Waals surface area contributed by atoms with Gasteiger partial charge >= 0.3 is 0 Å². The summed E-state index contributed by atoms with van der Waals surface area (Å²) < 4.78 is 27.1. The summed E-state index contributed by atoms with van der Waals surface area (Å²) in [4.78, 5) is 12.8. The van der Waals surface area contributed by atoms with Crippen molar-refractivity contribution in [2.75, 3.05) is 19.5 Å². The van der Waals surface area contributed by atoms with E-state index < -0.39 is 11.7 Å². The molecule has 0 fully saturated rings. The molecule has 0 saturated carbocycles. The number of nitrogens with one attached hydrogen (secondary N) is 1. The quantitative estimate of drug-likeness (QED) is 0.615. The summed E-state index contributed by atoms with van der Waals surface area (Å²) >= 11 is 6.20. The Hall–Kier alpha value is -3.13. The van der Waals surface area contributed by atoms with Gasteiger partial charge in [0.05, 0.1) is 24.8 Å². The van der Waals surface area contributed by atoms with Gasteiger partial charge in [-0.1, -0.05) is 18.0 Å². The predicted octanol–water partition coefficient (Wildman–Crippen LogP) is 4.73. The number of aryl methyl sites for hydroxylation is 1.